The van der Waals surface area contributed by atoms with Crippen LogP contribution in [0.3, 0.4) is 0 Å². The van der Waals surface area contributed by atoms with Crippen LogP contribution in [0, 0.1) is 0 Å². The summed E-state index contributed by atoms with van der Waals surface area (Å²) in [5.74, 6) is -0.0629. The van der Waals surface area contributed by atoms with Crippen molar-refractivity contribution in [2.24, 2.45) is 0 Å². The van der Waals surface area contributed by atoms with E-state index in [0.717, 1.165) is 0 Å². The third-order valence-corrected chi connectivity index (χ3v) is 6.58. The van der Waals surface area contributed by atoms with E-state index in [-0.39, 0.29) is 5.97 Å². The number of alkyl halides is 2. The molecule has 0 spiro atoms. The normalized spacial score (nSPS) is 22.3. The summed E-state index contributed by atoms with van der Waals surface area (Å²) in [7, 11) is 0. The predicted molar refractivity (Wildman–Crippen MR) is 49.4 cm³/mol. The Balaban J connectivity index is 2.19. The van der Waals surface area contributed by atoms with Crippen molar-refractivity contribution in [3.8, 4) is 0 Å². The van der Waals surface area contributed by atoms with E-state index in [1.165, 1.54) is 35.0 Å². The Kier molecular flexibility index (Phi) is 3.45. The van der Waals surface area contributed by atoms with Crippen LogP contribution in [0.4, 0.5) is 0 Å². The van der Waals surface area contributed by atoms with Crippen LogP contribution in [-0.2, 0) is 7.86 Å². The van der Waals surface area contributed by atoms with E-state index >= 15 is 0 Å². The molecule has 60 valence electrons. The first kappa shape index (κ1) is 8.30. The second-order valence-electron chi connectivity index (χ2n) is 2.41. The quantitative estimate of drug-likeness (QED) is 0.530. The molecule has 0 aromatic carbocycles. The summed E-state index contributed by atoms with van der Waals surface area (Å²) in [5.41, 5.74) is 0. The molecule has 1 fully saturated rings. The third kappa shape index (κ3) is 2.86. The topological polar surface area (TPSA) is 26.3 Å². The second-order valence-corrected chi connectivity index (χ2v) is 7.34. The summed E-state index contributed by atoms with van der Waals surface area (Å²) in [6, 6.07) is 0. The van der Waals surface area contributed by atoms with E-state index in [1.807, 2.05) is 0 Å². The molecule has 0 unspecified atom stereocenters. The van der Waals surface area contributed by atoms with E-state index in [0.29, 0.717) is 0 Å². The monoisotopic (exact) mass is 256 g/mol. The molecule has 0 saturated carbocycles. The van der Waals surface area contributed by atoms with Gasteiger partial charge in [-0.15, -0.1) is 0 Å². The van der Waals surface area contributed by atoms with Gasteiger partial charge in [-0.25, -0.2) is 0 Å². The van der Waals surface area contributed by atoms with E-state index < -0.39 is 20.2 Å². The van der Waals surface area contributed by atoms with Gasteiger partial charge in [0.1, 0.15) is 0 Å². The van der Waals surface area contributed by atoms with Crippen molar-refractivity contribution in [3.63, 3.8) is 0 Å². The van der Waals surface area contributed by atoms with Gasteiger partial charge in [-0.3, -0.25) is 0 Å². The van der Waals surface area contributed by atoms with Crippen LogP contribution in [0.2, 0.25) is 0 Å². The SMILES string of the molecule is CC(=O)OI1CCCCC1. The summed E-state index contributed by atoms with van der Waals surface area (Å²) < 4.78 is 7.66. The van der Waals surface area contributed by atoms with Gasteiger partial charge in [0.25, 0.3) is 0 Å². The predicted octanol–water partition coefficient (Wildman–Crippen LogP) is 2.15. The molecule has 0 amide bonds. The fraction of sp³-hybridized carbons (Fsp3) is 0.857. The first-order valence-electron chi connectivity index (χ1n) is 3.60. The van der Waals surface area contributed by atoms with Gasteiger partial charge in [-0.05, 0) is 0 Å². The average molecular weight is 256 g/mol. The van der Waals surface area contributed by atoms with Crippen LogP contribution < -0.4 is 0 Å². The minimum atomic E-state index is -1.20. The van der Waals surface area contributed by atoms with Crippen molar-refractivity contribution in [3.05, 3.63) is 0 Å². The second kappa shape index (κ2) is 4.16. The summed E-state index contributed by atoms with van der Waals surface area (Å²) in [6.07, 6.45) is 3.92. The van der Waals surface area contributed by atoms with Crippen molar-refractivity contribution in [2.75, 3.05) is 8.86 Å². The molecule has 1 aliphatic heterocycles. The van der Waals surface area contributed by atoms with Gasteiger partial charge in [0.05, 0.1) is 0 Å². The van der Waals surface area contributed by atoms with Crippen molar-refractivity contribution in [2.45, 2.75) is 26.2 Å². The van der Waals surface area contributed by atoms with Gasteiger partial charge in [0.15, 0.2) is 0 Å². The van der Waals surface area contributed by atoms with Gasteiger partial charge in [0.2, 0.25) is 0 Å². The zero-order valence-corrected chi connectivity index (χ0v) is 8.39. The Morgan fingerprint density at radius 3 is 2.40 bits per heavy atom. The number of hydrogen-bond donors (Lipinski definition) is 0. The molecule has 0 N–H and O–H groups in total. The molecule has 0 atom stereocenters. The number of hydrogen-bond acceptors (Lipinski definition) is 2. The molecule has 1 rings (SSSR count). The molecule has 1 aliphatic rings. The Morgan fingerprint density at radius 2 is 1.90 bits per heavy atom. The third-order valence-electron chi connectivity index (χ3n) is 1.41. The Labute approximate surface area is 69.3 Å². The number of carbonyl (C=O) groups is 1. The van der Waals surface area contributed by atoms with Crippen LogP contribution in [0.15, 0.2) is 0 Å². The maximum atomic E-state index is 10.5. The van der Waals surface area contributed by atoms with E-state index in [1.54, 1.807) is 0 Å². The molecule has 0 bridgehead atoms. The zero-order chi connectivity index (χ0) is 7.40. The molecule has 0 aliphatic carbocycles. The van der Waals surface area contributed by atoms with Crippen LogP contribution in [-0.4, -0.2) is 14.8 Å². The van der Waals surface area contributed by atoms with Crippen LogP contribution in [0.1, 0.15) is 26.2 Å². The molecule has 2 nitrogen and oxygen atoms in total. The first-order chi connectivity index (χ1) is 4.79. The zero-order valence-electron chi connectivity index (χ0n) is 6.23. The molecule has 0 aromatic heterocycles. The van der Waals surface area contributed by atoms with E-state index in [4.69, 9.17) is 3.07 Å². The summed E-state index contributed by atoms with van der Waals surface area (Å²) in [5, 5.41) is 0. The number of carbonyl (C=O) groups excluding carboxylic acids is 1. The molecular formula is C7H13IO2. The molecule has 1 saturated heterocycles. The summed E-state index contributed by atoms with van der Waals surface area (Å²) >= 11 is -1.20. The average Bonchev–Trinajstić information content (AvgIpc) is 1.88. The van der Waals surface area contributed by atoms with Gasteiger partial charge < -0.3 is 0 Å². The minimum absolute atomic E-state index is 0.0629. The number of halogens is 1. The fourth-order valence-corrected chi connectivity index (χ4v) is 5.63. The van der Waals surface area contributed by atoms with Crippen LogP contribution >= 0.6 is 20.2 Å². The van der Waals surface area contributed by atoms with Crippen molar-refractivity contribution < 1.29 is 7.86 Å². The molecule has 0 radical (unpaired) electrons. The fourth-order valence-electron chi connectivity index (χ4n) is 0.989. The van der Waals surface area contributed by atoms with Gasteiger partial charge in [-0.1, -0.05) is 0 Å². The van der Waals surface area contributed by atoms with Crippen LogP contribution in [0.5, 0.6) is 0 Å². The van der Waals surface area contributed by atoms with Crippen molar-refractivity contribution in [1.82, 2.24) is 0 Å². The van der Waals surface area contributed by atoms with Gasteiger partial charge in [-0.2, -0.15) is 0 Å². The standard InChI is InChI=1S/C7H13IO2/c1-7(9)10-8-5-3-2-4-6-8/h2-6H2,1H3. The van der Waals surface area contributed by atoms with Crippen molar-refractivity contribution >= 4 is 26.2 Å². The van der Waals surface area contributed by atoms with Crippen LogP contribution in [0.25, 0.3) is 0 Å². The summed E-state index contributed by atoms with van der Waals surface area (Å²) in [6.45, 7) is 1.52. The molecular weight excluding hydrogens is 243 g/mol. The first-order valence-corrected chi connectivity index (χ1v) is 7.53. The Bertz CT molecular complexity index is 119. The number of rotatable bonds is 1. The van der Waals surface area contributed by atoms with Crippen molar-refractivity contribution in [1.29, 1.82) is 0 Å². The molecule has 0 aromatic rings. The molecule has 10 heavy (non-hydrogen) atoms. The Morgan fingerprint density at radius 1 is 1.30 bits per heavy atom. The Hall–Kier alpha value is 0.200. The molecule has 1 heterocycles. The van der Waals surface area contributed by atoms with Gasteiger partial charge >= 0.3 is 69.1 Å². The maximum absolute atomic E-state index is 10.5. The summed E-state index contributed by atoms with van der Waals surface area (Å²) in [4.78, 5) is 10.5. The van der Waals surface area contributed by atoms with Gasteiger partial charge in [0, 0.05) is 0 Å². The van der Waals surface area contributed by atoms with E-state index in [9.17, 15) is 4.79 Å². The molecule has 3 heteroatoms. The van der Waals surface area contributed by atoms with E-state index in [2.05, 4.69) is 0 Å².